The third-order valence-corrected chi connectivity index (χ3v) is 3.01. The van der Waals surface area contributed by atoms with Crippen LogP contribution < -0.4 is 4.74 Å². The minimum Gasteiger partial charge on any atom is -0.491 e. The molecule has 86 valence electrons. The van der Waals surface area contributed by atoms with Crippen LogP contribution in [-0.4, -0.2) is 11.2 Å². The molecule has 1 heterocycles. The van der Waals surface area contributed by atoms with Gasteiger partial charge in [0.1, 0.15) is 5.75 Å². The molecule has 0 atom stereocenters. The van der Waals surface area contributed by atoms with E-state index in [4.69, 9.17) is 4.74 Å². The molecule has 2 aromatic rings. The quantitative estimate of drug-likeness (QED) is 0.713. The zero-order valence-corrected chi connectivity index (χ0v) is 10.3. The van der Waals surface area contributed by atoms with Gasteiger partial charge < -0.3 is 9.30 Å². The Morgan fingerprint density at radius 3 is 2.88 bits per heavy atom. The number of hydrogen-bond acceptors (Lipinski definition) is 1. The van der Waals surface area contributed by atoms with Crippen LogP contribution in [0.2, 0.25) is 0 Å². The molecular weight excluding hydrogens is 198 g/mol. The van der Waals surface area contributed by atoms with Crippen molar-refractivity contribution in [1.29, 1.82) is 0 Å². The van der Waals surface area contributed by atoms with Gasteiger partial charge in [-0.1, -0.05) is 25.5 Å². The smallest absolute Gasteiger partial charge is 0.143 e. The normalized spacial score (nSPS) is 10.9. The van der Waals surface area contributed by atoms with Crippen LogP contribution in [0.5, 0.6) is 5.75 Å². The monoisotopic (exact) mass is 217 g/mol. The Balaban J connectivity index is 2.36. The van der Waals surface area contributed by atoms with Gasteiger partial charge in [-0.15, -0.1) is 0 Å². The van der Waals surface area contributed by atoms with Gasteiger partial charge in [0.25, 0.3) is 0 Å². The van der Waals surface area contributed by atoms with E-state index in [9.17, 15) is 0 Å². The van der Waals surface area contributed by atoms with Crippen LogP contribution in [-0.2, 0) is 7.05 Å². The Kier molecular flexibility index (Phi) is 3.18. The van der Waals surface area contributed by atoms with Crippen LogP contribution in [0.4, 0.5) is 0 Å². The van der Waals surface area contributed by atoms with Gasteiger partial charge in [-0.05, 0) is 25.5 Å². The van der Waals surface area contributed by atoms with E-state index < -0.39 is 0 Å². The summed E-state index contributed by atoms with van der Waals surface area (Å²) in [6, 6.07) is 8.44. The summed E-state index contributed by atoms with van der Waals surface area (Å²) in [5, 5.41) is 1.26. The molecular formula is C14H19NO. The highest BCUT2D eigenvalue weighted by molar-refractivity contribution is 5.86. The summed E-state index contributed by atoms with van der Waals surface area (Å²) in [6.07, 6.45) is 2.28. The second kappa shape index (κ2) is 4.60. The summed E-state index contributed by atoms with van der Waals surface area (Å²) < 4.78 is 8.02. The summed E-state index contributed by atoms with van der Waals surface area (Å²) in [6.45, 7) is 5.10. The Morgan fingerprint density at radius 1 is 1.31 bits per heavy atom. The number of benzene rings is 1. The zero-order valence-electron chi connectivity index (χ0n) is 10.3. The summed E-state index contributed by atoms with van der Waals surface area (Å²) in [7, 11) is 2.09. The van der Waals surface area contributed by atoms with Crippen molar-refractivity contribution in [2.45, 2.75) is 26.7 Å². The highest BCUT2D eigenvalue weighted by atomic mass is 16.5. The second-order valence-corrected chi connectivity index (χ2v) is 4.24. The maximum atomic E-state index is 5.83. The highest BCUT2D eigenvalue weighted by Gasteiger charge is 2.07. The number of para-hydroxylation sites is 1. The number of ether oxygens (including phenoxy) is 1. The molecule has 0 spiro atoms. The number of unbranched alkanes of at least 4 members (excludes halogenated alkanes) is 1. The van der Waals surface area contributed by atoms with E-state index in [0.717, 1.165) is 18.8 Å². The van der Waals surface area contributed by atoms with Crippen molar-refractivity contribution in [3.63, 3.8) is 0 Å². The molecule has 0 aliphatic rings. The summed E-state index contributed by atoms with van der Waals surface area (Å²) in [5.41, 5.74) is 2.47. The number of fused-ring (bicyclic) bond motifs is 1. The van der Waals surface area contributed by atoms with Gasteiger partial charge in [-0.3, -0.25) is 0 Å². The van der Waals surface area contributed by atoms with E-state index in [1.807, 2.05) is 0 Å². The van der Waals surface area contributed by atoms with Crippen LogP contribution in [0.3, 0.4) is 0 Å². The Morgan fingerprint density at radius 2 is 2.12 bits per heavy atom. The Hall–Kier alpha value is -1.44. The molecule has 2 rings (SSSR count). The third kappa shape index (κ3) is 1.92. The van der Waals surface area contributed by atoms with Gasteiger partial charge >= 0.3 is 0 Å². The molecule has 0 saturated heterocycles. The molecule has 0 unspecified atom stereocenters. The number of aryl methyl sites for hydroxylation is 2. The predicted octanol–water partition coefficient (Wildman–Crippen LogP) is 3.67. The first-order chi connectivity index (χ1) is 7.74. The van der Waals surface area contributed by atoms with Crippen molar-refractivity contribution >= 4 is 10.9 Å². The fourth-order valence-electron chi connectivity index (χ4n) is 1.96. The molecule has 16 heavy (non-hydrogen) atoms. The molecule has 2 heteroatoms. The predicted molar refractivity (Wildman–Crippen MR) is 68.1 cm³/mol. The molecule has 0 fully saturated rings. The van der Waals surface area contributed by atoms with Gasteiger partial charge in [0.15, 0.2) is 0 Å². The van der Waals surface area contributed by atoms with Crippen LogP contribution in [0.25, 0.3) is 10.9 Å². The average molecular weight is 217 g/mol. The van der Waals surface area contributed by atoms with Crippen LogP contribution in [0, 0.1) is 6.92 Å². The van der Waals surface area contributed by atoms with Gasteiger partial charge in [0.2, 0.25) is 0 Å². The fourth-order valence-corrected chi connectivity index (χ4v) is 1.96. The Bertz CT molecular complexity index is 485. The molecule has 0 N–H and O–H groups in total. The molecule has 0 amide bonds. The van der Waals surface area contributed by atoms with Gasteiger partial charge in [0.05, 0.1) is 12.1 Å². The maximum Gasteiger partial charge on any atom is 0.143 e. The standard InChI is InChI=1S/C14H19NO/c1-4-5-9-16-13-8-6-7-12-10-11(2)15(3)14(12)13/h6-8,10H,4-5,9H2,1-3H3. The lowest BCUT2D eigenvalue weighted by Crippen LogP contribution is -1.99. The molecule has 0 radical (unpaired) electrons. The number of nitrogens with zero attached hydrogens (tertiary/aromatic N) is 1. The molecule has 0 bridgehead atoms. The molecule has 1 aromatic heterocycles. The lowest BCUT2D eigenvalue weighted by atomic mass is 10.2. The zero-order chi connectivity index (χ0) is 11.5. The van der Waals surface area contributed by atoms with Crippen molar-refractivity contribution in [3.8, 4) is 5.75 Å². The van der Waals surface area contributed by atoms with E-state index in [1.54, 1.807) is 0 Å². The lowest BCUT2D eigenvalue weighted by molar-refractivity contribution is 0.312. The first kappa shape index (κ1) is 11.1. The maximum absolute atomic E-state index is 5.83. The van der Waals surface area contributed by atoms with Crippen LogP contribution in [0.15, 0.2) is 24.3 Å². The number of rotatable bonds is 4. The SMILES string of the molecule is CCCCOc1cccc2cc(C)n(C)c12. The minimum atomic E-state index is 0.805. The first-order valence-electron chi connectivity index (χ1n) is 5.92. The van der Waals surface area contributed by atoms with Crippen LogP contribution >= 0.6 is 0 Å². The van der Waals surface area contributed by atoms with Crippen molar-refractivity contribution in [3.05, 3.63) is 30.0 Å². The lowest BCUT2D eigenvalue weighted by Gasteiger charge is -2.08. The van der Waals surface area contributed by atoms with E-state index >= 15 is 0 Å². The highest BCUT2D eigenvalue weighted by Crippen LogP contribution is 2.27. The molecule has 2 nitrogen and oxygen atoms in total. The fraction of sp³-hybridized carbons (Fsp3) is 0.429. The van der Waals surface area contributed by atoms with E-state index in [2.05, 4.69) is 49.7 Å². The van der Waals surface area contributed by atoms with Crippen molar-refractivity contribution in [1.82, 2.24) is 4.57 Å². The number of hydrogen-bond donors (Lipinski definition) is 0. The summed E-state index contributed by atoms with van der Waals surface area (Å²) in [4.78, 5) is 0. The first-order valence-corrected chi connectivity index (χ1v) is 5.92. The minimum absolute atomic E-state index is 0.805. The Labute approximate surface area is 96.8 Å². The molecule has 1 aromatic carbocycles. The summed E-state index contributed by atoms with van der Waals surface area (Å²) >= 11 is 0. The molecule has 0 aliphatic carbocycles. The van der Waals surface area contributed by atoms with Gasteiger partial charge in [-0.25, -0.2) is 0 Å². The van der Waals surface area contributed by atoms with Gasteiger partial charge in [-0.2, -0.15) is 0 Å². The molecule has 0 aliphatic heterocycles. The van der Waals surface area contributed by atoms with Crippen LogP contribution in [0.1, 0.15) is 25.5 Å². The van der Waals surface area contributed by atoms with E-state index in [0.29, 0.717) is 0 Å². The topological polar surface area (TPSA) is 14.2 Å². The van der Waals surface area contributed by atoms with Crippen molar-refractivity contribution in [2.75, 3.05) is 6.61 Å². The summed E-state index contributed by atoms with van der Waals surface area (Å²) in [5.74, 6) is 1.00. The molecule has 0 saturated carbocycles. The van der Waals surface area contributed by atoms with E-state index in [-0.39, 0.29) is 0 Å². The van der Waals surface area contributed by atoms with Gasteiger partial charge in [0, 0.05) is 18.1 Å². The third-order valence-electron chi connectivity index (χ3n) is 3.01. The number of aromatic nitrogens is 1. The van der Waals surface area contributed by atoms with Crippen molar-refractivity contribution in [2.24, 2.45) is 7.05 Å². The second-order valence-electron chi connectivity index (χ2n) is 4.24. The van der Waals surface area contributed by atoms with Crippen molar-refractivity contribution < 1.29 is 4.74 Å². The average Bonchev–Trinajstić information content (AvgIpc) is 2.56. The van der Waals surface area contributed by atoms with E-state index in [1.165, 1.54) is 23.0 Å². The largest absolute Gasteiger partial charge is 0.491 e.